The van der Waals surface area contributed by atoms with E-state index in [1.807, 2.05) is 49.5 Å². The molecule has 190 valence electrons. The Bertz CT molecular complexity index is 1510. The topological polar surface area (TPSA) is 58.4 Å². The Morgan fingerprint density at radius 3 is 2.65 bits per heavy atom. The number of hydrogen-bond donors (Lipinski definition) is 1. The van der Waals surface area contributed by atoms with E-state index in [0.717, 1.165) is 35.7 Å². The summed E-state index contributed by atoms with van der Waals surface area (Å²) in [5.41, 5.74) is 3.19. The number of thiophene rings is 1. The van der Waals surface area contributed by atoms with Crippen LogP contribution in [0.15, 0.2) is 64.8 Å². The van der Waals surface area contributed by atoms with Gasteiger partial charge in [0.25, 0.3) is 5.56 Å². The zero-order valence-corrected chi connectivity index (χ0v) is 22.5. The molecule has 0 N–H and O–H groups in total. The Labute approximate surface area is 226 Å². The predicted molar refractivity (Wildman–Crippen MR) is 153 cm³/mol. The fraction of sp³-hybridized carbons (Fsp3) is 0.345. The minimum atomic E-state index is -0.603. The number of amides is 1. The van der Waals surface area contributed by atoms with Gasteiger partial charge in [-0.1, -0.05) is 42.8 Å². The van der Waals surface area contributed by atoms with Crippen LogP contribution in [0.2, 0.25) is 0 Å². The average Bonchev–Trinajstić information content (AvgIpc) is 3.31. The molecule has 1 amide bonds. The largest absolute Gasteiger partial charge is 0.373 e. The molecule has 0 saturated heterocycles. The second kappa shape index (κ2) is 9.99. The predicted octanol–water partition coefficient (Wildman–Crippen LogP) is 5.55. The molecule has 6 rings (SSSR count). The van der Waals surface area contributed by atoms with E-state index >= 15 is 0 Å². The fourth-order valence-electron chi connectivity index (χ4n) is 5.37. The number of fused-ring (bicyclic) bond motifs is 2. The van der Waals surface area contributed by atoms with Crippen LogP contribution in [0, 0.1) is 0 Å². The maximum absolute atomic E-state index is 13.9. The quantitative estimate of drug-likeness (QED) is 0.332. The molecule has 1 unspecified atom stereocenters. The van der Waals surface area contributed by atoms with Gasteiger partial charge in [-0.25, -0.2) is 4.98 Å². The second-order valence-electron chi connectivity index (χ2n) is 9.93. The molecule has 3 heterocycles. The highest BCUT2D eigenvalue weighted by Crippen LogP contribution is 2.38. The van der Waals surface area contributed by atoms with Gasteiger partial charge in [-0.15, -0.1) is 24.0 Å². The molecular formula is C29H30N4O2S2. The number of anilines is 1. The molecular weight excluding hydrogens is 500 g/mol. The molecule has 8 heteroatoms. The molecule has 1 aliphatic heterocycles. The Hall–Kier alpha value is -3.10. The molecule has 1 fully saturated rings. The number of para-hydroxylation sites is 1. The van der Waals surface area contributed by atoms with Crippen molar-refractivity contribution in [2.75, 3.05) is 25.0 Å². The van der Waals surface area contributed by atoms with Crippen LogP contribution in [0.3, 0.4) is 0 Å². The lowest BCUT2D eigenvalue weighted by molar-refractivity contribution is -0.132. The zero-order valence-electron chi connectivity index (χ0n) is 20.8. The van der Waals surface area contributed by atoms with Crippen molar-refractivity contribution in [1.82, 2.24) is 14.5 Å². The van der Waals surface area contributed by atoms with E-state index in [4.69, 9.17) is 17.6 Å². The first-order valence-electron chi connectivity index (χ1n) is 12.9. The van der Waals surface area contributed by atoms with Gasteiger partial charge in [-0.2, -0.15) is 0 Å². The van der Waals surface area contributed by atoms with Crippen molar-refractivity contribution in [2.45, 2.75) is 43.4 Å². The zero-order chi connectivity index (χ0) is 25.5. The lowest BCUT2D eigenvalue weighted by Crippen LogP contribution is -2.44. The standard InChI is InChI=1S/C29H30N4O2S2/c1-31(23-18-37-24-13-6-5-12-21(23)24)16-15-25(34)32-17-14-22-26(29(32)36)28(35)33(20-10-3-2-4-11-20)27(30-22)19-8-7-9-19/h2-6,10-13,18-19,29,36H,7-9,14-17H2,1H3. The molecule has 0 spiro atoms. The summed E-state index contributed by atoms with van der Waals surface area (Å²) in [6.07, 6.45) is 4.21. The van der Waals surface area contributed by atoms with Gasteiger partial charge in [-0.05, 0) is 31.0 Å². The molecule has 2 aromatic carbocycles. The summed E-state index contributed by atoms with van der Waals surface area (Å²) < 4.78 is 3.00. The SMILES string of the molecule is CN(CCC(=O)N1CCc2nc(C3CCC3)n(-c3ccccc3)c(=O)c2C1S)c1csc2ccccc12. The lowest BCUT2D eigenvalue weighted by Gasteiger charge is -2.36. The summed E-state index contributed by atoms with van der Waals surface area (Å²) in [6.45, 7) is 1.12. The molecule has 4 aromatic rings. The van der Waals surface area contributed by atoms with Gasteiger partial charge in [0.2, 0.25) is 5.91 Å². The second-order valence-corrected chi connectivity index (χ2v) is 11.3. The van der Waals surface area contributed by atoms with Crippen molar-refractivity contribution in [1.29, 1.82) is 0 Å². The van der Waals surface area contributed by atoms with E-state index in [2.05, 4.69) is 22.4 Å². The van der Waals surface area contributed by atoms with E-state index in [9.17, 15) is 9.59 Å². The Morgan fingerprint density at radius 2 is 1.89 bits per heavy atom. The lowest BCUT2D eigenvalue weighted by atomic mass is 9.84. The first-order chi connectivity index (χ1) is 18.0. The minimum absolute atomic E-state index is 0.00534. The molecule has 2 aliphatic rings. The van der Waals surface area contributed by atoms with Crippen LogP contribution in [-0.2, 0) is 11.2 Å². The first kappa shape index (κ1) is 24.2. The summed E-state index contributed by atoms with van der Waals surface area (Å²) in [5, 5.41) is 2.75. The third-order valence-electron chi connectivity index (χ3n) is 7.70. The van der Waals surface area contributed by atoms with E-state index in [0.29, 0.717) is 37.4 Å². The van der Waals surface area contributed by atoms with Crippen molar-refractivity contribution in [3.05, 3.63) is 87.4 Å². The van der Waals surface area contributed by atoms with Crippen molar-refractivity contribution in [2.24, 2.45) is 0 Å². The fourth-order valence-corrected chi connectivity index (χ4v) is 6.87. The van der Waals surface area contributed by atoms with E-state index < -0.39 is 5.37 Å². The normalized spacial score (nSPS) is 17.5. The molecule has 6 nitrogen and oxygen atoms in total. The van der Waals surface area contributed by atoms with Crippen LogP contribution in [0.25, 0.3) is 15.8 Å². The van der Waals surface area contributed by atoms with Gasteiger partial charge in [0.1, 0.15) is 11.2 Å². The van der Waals surface area contributed by atoms with Crippen LogP contribution in [0.4, 0.5) is 5.69 Å². The Balaban J connectivity index is 1.25. The van der Waals surface area contributed by atoms with E-state index in [1.54, 1.807) is 20.8 Å². The maximum atomic E-state index is 13.9. The summed E-state index contributed by atoms with van der Waals surface area (Å²) >= 11 is 6.53. The van der Waals surface area contributed by atoms with E-state index in [1.165, 1.54) is 16.5 Å². The minimum Gasteiger partial charge on any atom is -0.373 e. The molecule has 1 atom stereocenters. The highest BCUT2D eigenvalue weighted by atomic mass is 32.1. The first-order valence-corrected chi connectivity index (χ1v) is 14.3. The van der Waals surface area contributed by atoms with Gasteiger partial charge < -0.3 is 9.80 Å². The molecule has 1 aliphatic carbocycles. The van der Waals surface area contributed by atoms with Crippen molar-refractivity contribution in [3.63, 3.8) is 0 Å². The van der Waals surface area contributed by atoms with Crippen molar-refractivity contribution >= 4 is 45.6 Å². The van der Waals surface area contributed by atoms with Gasteiger partial charge >= 0.3 is 0 Å². The highest BCUT2D eigenvalue weighted by Gasteiger charge is 2.35. The average molecular weight is 531 g/mol. The van der Waals surface area contributed by atoms with Gasteiger partial charge in [0, 0.05) is 54.4 Å². The van der Waals surface area contributed by atoms with Crippen LogP contribution in [-0.4, -0.2) is 40.5 Å². The molecule has 1 saturated carbocycles. The molecule has 37 heavy (non-hydrogen) atoms. The number of hydrogen-bond acceptors (Lipinski definition) is 6. The number of nitrogens with zero attached hydrogens (tertiary/aromatic N) is 4. The number of thiol groups is 1. The third-order valence-corrected chi connectivity index (χ3v) is 9.19. The van der Waals surface area contributed by atoms with Crippen LogP contribution < -0.4 is 10.5 Å². The maximum Gasteiger partial charge on any atom is 0.264 e. The van der Waals surface area contributed by atoms with Gasteiger partial charge in [-0.3, -0.25) is 14.2 Å². The van der Waals surface area contributed by atoms with E-state index in [-0.39, 0.29) is 11.5 Å². The summed E-state index contributed by atoms with van der Waals surface area (Å²) in [6, 6.07) is 18.0. The van der Waals surface area contributed by atoms with Crippen LogP contribution in [0.1, 0.15) is 54.1 Å². The molecule has 0 bridgehead atoms. The number of carbonyl (C=O) groups excluding carboxylic acids is 1. The number of benzene rings is 2. The number of rotatable bonds is 6. The van der Waals surface area contributed by atoms with Gasteiger partial charge in [0.05, 0.1) is 22.6 Å². The molecule has 2 aromatic heterocycles. The smallest absolute Gasteiger partial charge is 0.264 e. The van der Waals surface area contributed by atoms with Crippen molar-refractivity contribution < 1.29 is 4.79 Å². The summed E-state index contributed by atoms with van der Waals surface area (Å²) in [4.78, 5) is 36.2. The monoisotopic (exact) mass is 530 g/mol. The van der Waals surface area contributed by atoms with Gasteiger partial charge in [0.15, 0.2) is 0 Å². The molecule has 0 radical (unpaired) electrons. The summed E-state index contributed by atoms with van der Waals surface area (Å²) in [5.74, 6) is 1.16. The number of aromatic nitrogens is 2. The summed E-state index contributed by atoms with van der Waals surface area (Å²) in [7, 11) is 2.02. The van der Waals surface area contributed by atoms with Crippen LogP contribution in [0.5, 0.6) is 0 Å². The van der Waals surface area contributed by atoms with Crippen molar-refractivity contribution in [3.8, 4) is 5.69 Å². The number of carbonyl (C=O) groups is 1. The van der Waals surface area contributed by atoms with Crippen LogP contribution >= 0.6 is 24.0 Å². The Morgan fingerprint density at radius 1 is 1.14 bits per heavy atom. The third kappa shape index (κ3) is 4.36. The highest BCUT2D eigenvalue weighted by molar-refractivity contribution is 7.80. The Kier molecular flexibility index (Phi) is 6.55.